The third kappa shape index (κ3) is 7.47. The van der Waals surface area contributed by atoms with E-state index in [2.05, 4.69) is 31.3 Å². The van der Waals surface area contributed by atoms with Gasteiger partial charge in [-0.3, -0.25) is 14.4 Å². The largest absolute Gasteiger partial charge is 0.370 e. The summed E-state index contributed by atoms with van der Waals surface area (Å²) in [6.07, 6.45) is 3.71. The fraction of sp³-hybridized carbons (Fsp3) is 0.353. The highest BCUT2D eigenvalue weighted by Crippen LogP contribution is 2.29. The van der Waals surface area contributed by atoms with Crippen LogP contribution in [-0.2, 0) is 25.5 Å². The summed E-state index contributed by atoms with van der Waals surface area (Å²) < 4.78 is 5.24. The highest BCUT2D eigenvalue weighted by atomic mass is 16.5. The van der Waals surface area contributed by atoms with Gasteiger partial charge in [-0.15, -0.1) is 10.2 Å². The van der Waals surface area contributed by atoms with Crippen molar-refractivity contribution in [3.8, 4) is 22.5 Å². The number of rotatable bonds is 10. The number of hydrogen-bond acceptors (Lipinski definition) is 8. The first-order valence-electron chi connectivity index (χ1n) is 15.7. The molecule has 2 aliphatic rings. The number of morpholine rings is 1. The van der Waals surface area contributed by atoms with Crippen LogP contribution in [-0.4, -0.2) is 70.7 Å². The minimum Gasteiger partial charge on any atom is -0.370 e. The topological polar surface area (TPSA) is 168 Å². The Labute approximate surface area is 267 Å². The summed E-state index contributed by atoms with van der Waals surface area (Å²) in [5.74, 6) is 0.338. The van der Waals surface area contributed by atoms with E-state index in [0.29, 0.717) is 43.5 Å². The van der Waals surface area contributed by atoms with E-state index >= 15 is 0 Å². The SMILES string of the molecule is NCC1CCC(C(=O)N[C@@H](Cc2ccc(-c3ccc(N4CCOCC4=O)cc3)cc2)C(=O)Nc2ccc(-c3nn[nH]n3)cc2)CC1. The van der Waals surface area contributed by atoms with Crippen molar-refractivity contribution in [2.75, 3.05) is 36.5 Å². The smallest absolute Gasteiger partial charge is 0.253 e. The molecule has 1 atom stereocenters. The fourth-order valence-corrected chi connectivity index (χ4v) is 6.07. The standard InChI is InChI=1S/C34H38N8O4/c35-20-23-3-7-27(8-4-23)33(44)37-30(34(45)36-28-13-9-26(10-14-28)32-38-40-41-39-32)19-22-1-5-24(6-2-22)25-11-15-29(16-12-25)42-17-18-46-21-31(42)43/h1-2,5-6,9-16,23,27,30H,3-4,7-8,17-21,35H2,(H,36,45)(H,37,44)(H,38,39,40,41)/t23?,27?,30-/m0/s1. The number of aromatic amines is 1. The van der Waals surface area contributed by atoms with Crippen molar-refractivity contribution >= 4 is 29.1 Å². The van der Waals surface area contributed by atoms with Gasteiger partial charge in [-0.1, -0.05) is 36.4 Å². The van der Waals surface area contributed by atoms with E-state index in [1.54, 1.807) is 29.2 Å². The van der Waals surface area contributed by atoms with E-state index in [9.17, 15) is 14.4 Å². The van der Waals surface area contributed by atoms with Gasteiger partial charge in [0.2, 0.25) is 17.6 Å². The molecule has 0 unspecified atom stereocenters. The summed E-state index contributed by atoms with van der Waals surface area (Å²) in [5.41, 5.74) is 11.0. The second kappa shape index (κ2) is 14.4. The number of carbonyl (C=O) groups is 3. The number of benzene rings is 3. The van der Waals surface area contributed by atoms with Crippen LogP contribution in [0.3, 0.4) is 0 Å². The zero-order chi connectivity index (χ0) is 31.9. The lowest BCUT2D eigenvalue weighted by molar-refractivity contribution is -0.130. The Morgan fingerprint density at radius 1 is 0.935 bits per heavy atom. The molecule has 3 amide bonds. The summed E-state index contributed by atoms with van der Waals surface area (Å²) in [6.45, 7) is 1.81. The van der Waals surface area contributed by atoms with Crippen molar-refractivity contribution in [3.05, 3.63) is 78.4 Å². The monoisotopic (exact) mass is 622 g/mol. The molecule has 238 valence electrons. The van der Waals surface area contributed by atoms with Crippen molar-refractivity contribution in [2.45, 2.75) is 38.1 Å². The van der Waals surface area contributed by atoms with Crippen LogP contribution in [0, 0.1) is 11.8 Å². The minimum absolute atomic E-state index is 0.0434. The minimum atomic E-state index is -0.771. The molecule has 1 aliphatic carbocycles. The number of aromatic nitrogens is 4. The molecule has 0 radical (unpaired) electrons. The molecule has 1 aliphatic heterocycles. The van der Waals surface area contributed by atoms with Gasteiger partial charge in [0.1, 0.15) is 12.6 Å². The molecule has 5 N–H and O–H groups in total. The predicted octanol–water partition coefficient (Wildman–Crippen LogP) is 3.33. The molecule has 3 aromatic carbocycles. The number of tetrazole rings is 1. The van der Waals surface area contributed by atoms with E-state index in [-0.39, 0.29) is 30.2 Å². The van der Waals surface area contributed by atoms with Gasteiger partial charge in [0.15, 0.2) is 0 Å². The molecule has 1 saturated heterocycles. The van der Waals surface area contributed by atoms with Crippen LogP contribution in [0.4, 0.5) is 11.4 Å². The molecule has 6 rings (SSSR count). The van der Waals surface area contributed by atoms with Crippen molar-refractivity contribution in [1.82, 2.24) is 25.9 Å². The Balaban J connectivity index is 1.14. The Kier molecular flexibility index (Phi) is 9.75. The van der Waals surface area contributed by atoms with Crippen LogP contribution in [0.25, 0.3) is 22.5 Å². The number of amides is 3. The van der Waals surface area contributed by atoms with Crippen LogP contribution in [0.5, 0.6) is 0 Å². The van der Waals surface area contributed by atoms with Crippen LogP contribution < -0.4 is 21.3 Å². The van der Waals surface area contributed by atoms with Crippen LogP contribution in [0.2, 0.25) is 0 Å². The van der Waals surface area contributed by atoms with E-state index in [1.165, 1.54) is 0 Å². The molecule has 12 heteroatoms. The van der Waals surface area contributed by atoms with Gasteiger partial charge in [-0.25, -0.2) is 0 Å². The number of nitrogens with two attached hydrogens (primary N) is 1. The Hall–Kier alpha value is -4.94. The Bertz CT molecular complexity index is 1620. The van der Waals surface area contributed by atoms with Crippen LogP contribution >= 0.6 is 0 Å². The van der Waals surface area contributed by atoms with Crippen molar-refractivity contribution in [1.29, 1.82) is 0 Å². The highest BCUT2D eigenvalue weighted by Gasteiger charge is 2.29. The first-order chi connectivity index (χ1) is 22.5. The van der Waals surface area contributed by atoms with Crippen LogP contribution in [0.15, 0.2) is 72.8 Å². The Morgan fingerprint density at radius 2 is 1.61 bits per heavy atom. The molecule has 2 heterocycles. The third-order valence-electron chi connectivity index (χ3n) is 8.83. The number of nitrogens with zero attached hydrogens (tertiary/aromatic N) is 4. The maximum absolute atomic E-state index is 13.6. The summed E-state index contributed by atoms with van der Waals surface area (Å²) in [5, 5.41) is 20.0. The van der Waals surface area contributed by atoms with Gasteiger partial charge in [0.05, 0.1) is 6.61 Å². The number of anilines is 2. The average molecular weight is 623 g/mol. The predicted molar refractivity (Wildman–Crippen MR) is 173 cm³/mol. The molecule has 46 heavy (non-hydrogen) atoms. The molecular formula is C34H38N8O4. The Morgan fingerprint density at radius 3 is 2.24 bits per heavy atom. The lowest BCUT2D eigenvalue weighted by atomic mass is 9.81. The zero-order valence-corrected chi connectivity index (χ0v) is 25.5. The summed E-state index contributed by atoms with van der Waals surface area (Å²) >= 11 is 0. The number of carbonyl (C=O) groups excluding carboxylic acids is 3. The summed E-state index contributed by atoms with van der Waals surface area (Å²) in [4.78, 5) is 40.9. The summed E-state index contributed by atoms with van der Waals surface area (Å²) in [6, 6.07) is 22.2. The van der Waals surface area contributed by atoms with Crippen molar-refractivity contribution in [2.24, 2.45) is 17.6 Å². The normalized spacial score (nSPS) is 19.0. The maximum atomic E-state index is 13.6. The lowest BCUT2D eigenvalue weighted by Gasteiger charge is -2.28. The van der Waals surface area contributed by atoms with Gasteiger partial charge in [0, 0.05) is 35.8 Å². The number of nitrogens with one attached hydrogen (secondary N) is 3. The van der Waals surface area contributed by atoms with Crippen LogP contribution in [0.1, 0.15) is 31.2 Å². The lowest BCUT2D eigenvalue weighted by Crippen LogP contribution is -2.48. The highest BCUT2D eigenvalue weighted by molar-refractivity contribution is 5.98. The van der Waals surface area contributed by atoms with E-state index in [1.807, 2.05) is 48.5 Å². The van der Waals surface area contributed by atoms with Gasteiger partial charge < -0.3 is 26.0 Å². The number of H-pyrrole nitrogens is 1. The second-order valence-electron chi connectivity index (χ2n) is 11.9. The van der Waals surface area contributed by atoms with E-state index in [0.717, 1.165) is 53.6 Å². The quantitative estimate of drug-likeness (QED) is 0.209. The fourth-order valence-electron chi connectivity index (χ4n) is 6.07. The average Bonchev–Trinajstić information content (AvgIpc) is 3.64. The zero-order valence-electron chi connectivity index (χ0n) is 25.5. The molecule has 1 saturated carbocycles. The van der Waals surface area contributed by atoms with Gasteiger partial charge in [-0.05, 0) is 96.4 Å². The molecule has 4 aromatic rings. The summed E-state index contributed by atoms with van der Waals surface area (Å²) in [7, 11) is 0. The number of ether oxygens (including phenoxy) is 1. The molecule has 1 aromatic heterocycles. The van der Waals surface area contributed by atoms with E-state index < -0.39 is 6.04 Å². The van der Waals surface area contributed by atoms with Gasteiger partial charge in [0.25, 0.3) is 5.91 Å². The second-order valence-corrected chi connectivity index (χ2v) is 11.9. The molecule has 2 fully saturated rings. The number of hydrogen-bond donors (Lipinski definition) is 4. The molecule has 12 nitrogen and oxygen atoms in total. The molecule has 0 spiro atoms. The van der Waals surface area contributed by atoms with Crippen molar-refractivity contribution in [3.63, 3.8) is 0 Å². The van der Waals surface area contributed by atoms with Gasteiger partial charge in [-0.2, -0.15) is 5.21 Å². The van der Waals surface area contributed by atoms with E-state index in [4.69, 9.17) is 10.5 Å². The van der Waals surface area contributed by atoms with Gasteiger partial charge >= 0.3 is 0 Å². The molecular weight excluding hydrogens is 584 g/mol. The first kappa shape index (κ1) is 31.1. The molecule has 0 bridgehead atoms. The third-order valence-corrected chi connectivity index (χ3v) is 8.83. The maximum Gasteiger partial charge on any atom is 0.253 e. The van der Waals surface area contributed by atoms with Crippen molar-refractivity contribution < 1.29 is 19.1 Å². The first-order valence-corrected chi connectivity index (χ1v) is 15.7.